The Morgan fingerprint density at radius 1 is 1.10 bits per heavy atom. The third kappa shape index (κ3) is 1.89. The molecule has 4 rings (SSSR count). The molecular formula is C16H20FN3. The minimum Gasteiger partial charge on any atom is -0.351 e. The Morgan fingerprint density at radius 3 is 2.75 bits per heavy atom. The first kappa shape index (κ1) is 12.2. The van der Waals surface area contributed by atoms with Gasteiger partial charge in [0.05, 0.1) is 12.1 Å². The summed E-state index contributed by atoms with van der Waals surface area (Å²) >= 11 is 0. The van der Waals surface area contributed by atoms with Gasteiger partial charge in [-0.25, -0.2) is 4.39 Å². The van der Waals surface area contributed by atoms with Gasteiger partial charge in [-0.2, -0.15) is 0 Å². The largest absolute Gasteiger partial charge is 0.351 e. The standard InChI is InChI=1S/C16H20FN3/c17-12-7-5-11(6-8-12)14-9-10-18-16-19-13-3-1-2-4-15(13)20(14)16/h5-8,13-15H,1-4,9-10H2,(H,18,19). The quantitative estimate of drug-likeness (QED) is 0.852. The number of nitrogens with one attached hydrogen (secondary N) is 1. The number of nitrogens with zero attached hydrogens (tertiary/aromatic N) is 2. The Labute approximate surface area is 118 Å². The van der Waals surface area contributed by atoms with Crippen LogP contribution >= 0.6 is 0 Å². The molecule has 1 saturated carbocycles. The molecule has 1 N–H and O–H groups in total. The number of rotatable bonds is 1. The molecule has 1 aliphatic carbocycles. The maximum Gasteiger partial charge on any atom is 0.195 e. The Kier molecular flexibility index (Phi) is 2.90. The number of halogens is 1. The van der Waals surface area contributed by atoms with E-state index < -0.39 is 0 Å². The highest BCUT2D eigenvalue weighted by atomic mass is 19.1. The van der Waals surface area contributed by atoms with Crippen molar-refractivity contribution in [2.24, 2.45) is 4.99 Å². The minimum absolute atomic E-state index is 0.159. The zero-order valence-electron chi connectivity index (χ0n) is 11.6. The third-order valence-corrected chi connectivity index (χ3v) is 4.90. The van der Waals surface area contributed by atoms with Crippen molar-refractivity contribution in [3.8, 4) is 0 Å². The summed E-state index contributed by atoms with van der Waals surface area (Å²) in [5, 5.41) is 3.61. The molecule has 1 aromatic carbocycles. The van der Waals surface area contributed by atoms with Crippen LogP contribution in [0, 0.1) is 5.82 Å². The number of guanidine groups is 1. The molecular weight excluding hydrogens is 253 g/mol. The van der Waals surface area contributed by atoms with E-state index in [2.05, 4.69) is 15.2 Å². The SMILES string of the molecule is Fc1ccc(C2CCN=C3NC4CCCCC4N32)cc1. The lowest BCUT2D eigenvalue weighted by molar-refractivity contribution is 0.188. The van der Waals surface area contributed by atoms with Crippen LogP contribution in [0.15, 0.2) is 29.3 Å². The average molecular weight is 273 g/mol. The summed E-state index contributed by atoms with van der Waals surface area (Å²) in [6.45, 7) is 0.861. The Bertz CT molecular complexity index is 525. The molecule has 3 atom stereocenters. The molecule has 3 unspecified atom stereocenters. The lowest BCUT2D eigenvalue weighted by Gasteiger charge is -2.38. The first-order chi connectivity index (χ1) is 9.83. The van der Waals surface area contributed by atoms with E-state index in [-0.39, 0.29) is 5.82 Å². The Hall–Kier alpha value is -1.58. The van der Waals surface area contributed by atoms with Gasteiger partial charge in [0.15, 0.2) is 5.96 Å². The zero-order valence-corrected chi connectivity index (χ0v) is 11.6. The summed E-state index contributed by atoms with van der Waals surface area (Å²) in [6, 6.07) is 8.48. The number of fused-ring (bicyclic) bond motifs is 3. The summed E-state index contributed by atoms with van der Waals surface area (Å²) in [6.07, 6.45) is 6.14. The molecule has 0 radical (unpaired) electrons. The number of hydrogen-bond donors (Lipinski definition) is 1. The van der Waals surface area contributed by atoms with Gasteiger partial charge in [-0.3, -0.25) is 4.99 Å². The topological polar surface area (TPSA) is 27.6 Å². The lowest BCUT2D eigenvalue weighted by Crippen LogP contribution is -2.43. The summed E-state index contributed by atoms with van der Waals surface area (Å²) in [7, 11) is 0. The van der Waals surface area contributed by atoms with Crippen LogP contribution in [0.1, 0.15) is 43.7 Å². The minimum atomic E-state index is -0.159. The van der Waals surface area contributed by atoms with Gasteiger partial charge in [-0.1, -0.05) is 25.0 Å². The predicted molar refractivity (Wildman–Crippen MR) is 77.1 cm³/mol. The molecule has 2 heterocycles. The average Bonchev–Trinajstić information content (AvgIpc) is 2.86. The fourth-order valence-electron chi connectivity index (χ4n) is 3.96. The molecule has 1 aromatic rings. The van der Waals surface area contributed by atoms with Crippen molar-refractivity contribution in [3.63, 3.8) is 0 Å². The summed E-state index contributed by atoms with van der Waals surface area (Å²) < 4.78 is 13.1. The van der Waals surface area contributed by atoms with E-state index in [1.165, 1.54) is 31.2 Å². The lowest BCUT2D eigenvalue weighted by atomic mass is 9.89. The van der Waals surface area contributed by atoms with Gasteiger partial charge in [-0.05, 0) is 37.0 Å². The molecule has 0 amide bonds. The van der Waals surface area contributed by atoms with Crippen molar-refractivity contribution in [3.05, 3.63) is 35.6 Å². The van der Waals surface area contributed by atoms with E-state index in [1.807, 2.05) is 12.1 Å². The maximum absolute atomic E-state index is 13.1. The monoisotopic (exact) mass is 273 g/mol. The molecule has 2 fully saturated rings. The molecule has 0 bridgehead atoms. The van der Waals surface area contributed by atoms with Gasteiger partial charge in [-0.15, -0.1) is 0 Å². The van der Waals surface area contributed by atoms with Gasteiger partial charge >= 0.3 is 0 Å². The van der Waals surface area contributed by atoms with Gasteiger partial charge in [0.25, 0.3) is 0 Å². The predicted octanol–water partition coefficient (Wildman–Crippen LogP) is 2.84. The van der Waals surface area contributed by atoms with Gasteiger partial charge in [0.2, 0.25) is 0 Å². The fraction of sp³-hybridized carbons (Fsp3) is 0.562. The van der Waals surface area contributed by atoms with Crippen LogP contribution in [-0.2, 0) is 0 Å². The second kappa shape index (κ2) is 4.76. The highest BCUT2D eigenvalue weighted by Crippen LogP contribution is 2.38. The van der Waals surface area contributed by atoms with Crippen molar-refractivity contribution < 1.29 is 4.39 Å². The van der Waals surface area contributed by atoms with E-state index >= 15 is 0 Å². The van der Waals surface area contributed by atoms with Crippen LogP contribution in [0.2, 0.25) is 0 Å². The van der Waals surface area contributed by atoms with Gasteiger partial charge in [0, 0.05) is 12.6 Å². The van der Waals surface area contributed by atoms with Crippen LogP contribution in [0.3, 0.4) is 0 Å². The fourth-order valence-corrected chi connectivity index (χ4v) is 3.96. The number of aliphatic imine (C=N–C) groups is 1. The molecule has 1 saturated heterocycles. The number of benzene rings is 1. The molecule has 0 spiro atoms. The zero-order chi connectivity index (χ0) is 13.5. The highest BCUT2D eigenvalue weighted by molar-refractivity contribution is 5.84. The first-order valence-corrected chi connectivity index (χ1v) is 7.68. The third-order valence-electron chi connectivity index (χ3n) is 4.90. The summed E-state index contributed by atoms with van der Waals surface area (Å²) in [5.74, 6) is 0.913. The highest BCUT2D eigenvalue weighted by Gasteiger charge is 2.43. The van der Waals surface area contributed by atoms with E-state index in [0.29, 0.717) is 18.1 Å². The molecule has 4 heteroatoms. The van der Waals surface area contributed by atoms with E-state index in [4.69, 9.17) is 0 Å². The summed E-state index contributed by atoms with van der Waals surface area (Å²) in [5.41, 5.74) is 1.21. The van der Waals surface area contributed by atoms with Crippen LogP contribution in [0.5, 0.6) is 0 Å². The summed E-state index contributed by atoms with van der Waals surface area (Å²) in [4.78, 5) is 7.14. The second-order valence-electron chi connectivity index (χ2n) is 6.07. The van der Waals surface area contributed by atoms with Crippen molar-refractivity contribution >= 4 is 5.96 Å². The van der Waals surface area contributed by atoms with Crippen molar-refractivity contribution in [2.75, 3.05) is 6.54 Å². The van der Waals surface area contributed by atoms with Crippen LogP contribution in [0.4, 0.5) is 4.39 Å². The van der Waals surface area contributed by atoms with Crippen LogP contribution < -0.4 is 5.32 Å². The second-order valence-corrected chi connectivity index (χ2v) is 6.07. The molecule has 106 valence electrons. The molecule has 20 heavy (non-hydrogen) atoms. The van der Waals surface area contributed by atoms with Crippen LogP contribution in [-0.4, -0.2) is 29.5 Å². The Morgan fingerprint density at radius 2 is 1.90 bits per heavy atom. The Balaban J connectivity index is 1.67. The van der Waals surface area contributed by atoms with Gasteiger partial charge < -0.3 is 10.2 Å². The van der Waals surface area contributed by atoms with Crippen LogP contribution in [0.25, 0.3) is 0 Å². The first-order valence-electron chi connectivity index (χ1n) is 7.68. The molecule has 3 aliphatic rings. The smallest absolute Gasteiger partial charge is 0.195 e. The van der Waals surface area contributed by atoms with E-state index in [1.54, 1.807) is 12.1 Å². The van der Waals surface area contributed by atoms with Crippen molar-refractivity contribution in [1.82, 2.24) is 10.2 Å². The maximum atomic E-state index is 13.1. The van der Waals surface area contributed by atoms with E-state index in [0.717, 1.165) is 18.9 Å². The molecule has 0 aromatic heterocycles. The number of hydrogen-bond acceptors (Lipinski definition) is 3. The normalized spacial score (nSPS) is 32.1. The van der Waals surface area contributed by atoms with Crippen molar-refractivity contribution in [2.45, 2.75) is 50.2 Å². The molecule has 3 nitrogen and oxygen atoms in total. The van der Waals surface area contributed by atoms with Gasteiger partial charge in [0.1, 0.15) is 5.82 Å². The molecule has 2 aliphatic heterocycles. The van der Waals surface area contributed by atoms with E-state index in [9.17, 15) is 4.39 Å². The van der Waals surface area contributed by atoms with Crippen molar-refractivity contribution in [1.29, 1.82) is 0 Å².